The Labute approximate surface area is 85.7 Å². The van der Waals surface area contributed by atoms with Gasteiger partial charge in [0.2, 0.25) is 0 Å². The van der Waals surface area contributed by atoms with Crippen LogP contribution in [0.15, 0.2) is 6.33 Å². The van der Waals surface area contributed by atoms with Crippen LogP contribution in [-0.4, -0.2) is 21.3 Å². The van der Waals surface area contributed by atoms with Crippen LogP contribution < -0.4 is 5.32 Å². The number of hydrogen-bond donors (Lipinski definition) is 1. The molecular formula is C10H20N4. The molecule has 1 heterocycles. The Bertz CT molecular complexity index is 267. The summed E-state index contributed by atoms with van der Waals surface area (Å²) in [5, 5.41) is 7.40. The molecule has 0 amide bonds. The molecule has 14 heavy (non-hydrogen) atoms. The van der Waals surface area contributed by atoms with Crippen molar-refractivity contribution >= 4 is 0 Å². The summed E-state index contributed by atoms with van der Waals surface area (Å²) < 4.78 is 1.80. The summed E-state index contributed by atoms with van der Waals surface area (Å²) in [6.07, 6.45) is 1.59. The van der Waals surface area contributed by atoms with Crippen LogP contribution in [0.25, 0.3) is 0 Å². The van der Waals surface area contributed by atoms with E-state index < -0.39 is 0 Å². The normalized spacial score (nSPS) is 13.5. The Hall–Kier alpha value is -0.900. The average molecular weight is 196 g/mol. The summed E-state index contributed by atoms with van der Waals surface area (Å²) in [5.41, 5.74) is 0. The minimum atomic E-state index is 0.697. The monoisotopic (exact) mass is 196 g/mol. The van der Waals surface area contributed by atoms with E-state index in [1.807, 2.05) is 7.05 Å². The lowest BCUT2D eigenvalue weighted by Gasteiger charge is -2.15. The molecule has 0 radical (unpaired) electrons. The van der Waals surface area contributed by atoms with Gasteiger partial charge in [-0.2, -0.15) is 5.10 Å². The van der Waals surface area contributed by atoms with Crippen molar-refractivity contribution in [1.29, 1.82) is 0 Å². The minimum absolute atomic E-state index is 0.697. The molecule has 4 heteroatoms. The lowest BCUT2D eigenvalue weighted by molar-refractivity contribution is 0.389. The van der Waals surface area contributed by atoms with Crippen LogP contribution in [0.1, 0.15) is 26.6 Å². The van der Waals surface area contributed by atoms with Gasteiger partial charge in [0.05, 0.1) is 6.54 Å². The Morgan fingerprint density at radius 3 is 2.64 bits per heavy atom. The van der Waals surface area contributed by atoms with Gasteiger partial charge >= 0.3 is 0 Å². The number of nitrogens with one attached hydrogen (secondary N) is 1. The van der Waals surface area contributed by atoms with E-state index in [1.165, 1.54) is 0 Å². The topological polar surface area (TPSA) is 42.7 Å². The second kappa shape index (κ2) is 5.10. The Morgan fingerprint density at radius 1 is 1.43 bits per heavy atom. The van der Waals surface area contributed by atoms with Crippen molar-refractivity contribution in [3.63, 3.8) is 0 Å². The van der Waals surface area contributed by atoms with E-state index in [-0.39, 0.29) is 0 Å². The largest absolute Gasteiger partial charge is 0.310 e. The van der Waals surface area contributed by atoms with Gasteiger partial charge in [0, 0.05) is 7.05 Å². The van der Waals surface area contributed by atoms with Crippen molar-refractivity contribution in [2.24, 2.45) is 18.9 Å². The SMILES string of the molecule is CC(C)C(C)CNCc1ncnn1C. The predicted octanol–water partition coefficient (Wildman–Crippen LogP) is 1.20. The van der Waals surface area contributed by atoms with E-state index in [0.29, 0.717) is 5.92 Å². The first-order valence-electron chi connectivity index (χ1n) is 5.15. The first-order valence-corrected chi connectivity index (χ1v) is 5.15. The molecule has 4 nitrogen and oxygen atoms in total. The number of hydrogen-bond acceptors (Lipinski definition) is 3. The van der Waals surface area contributed by atoms with Crippen LogP contribution >= 0.6 is 0 Å². The van der Waals surface area contributed by atoms with E-state index in [0.717, 1.165) is 24.8 Å². The van der Waals surface area contributed by atoms with Crippen LogP contribution in [-0.2, 0) is 13.6 Å². The van der Waals surface area contributed by atoms with E-state index in [9.17, 15) is 0 Å². The Morgan fingerprint density at radius 2 is 2.14 bits per heavy atom. The minimum Gasteiger partial charge on any atom is -0.310 e. The van der Waals surface area contributed by atoms with Gasteiger partial charge in [-0.25, -0.2) is 4.98 Å². The van der Waals surface area contributed by atoms with Gasteiger partial charge in [-0.05, 0) is 18.4 Å². The van der Waals surface area contributed by atoms with Gasteiger partial charge in [0.25, 0.3) is 0 Å². The van der Waals surface area contributed by atoms with Crippen molar-refractivity contribution in [2.75, 3.05) is 6.54 Å². The summed E-state index contributed by atoms with van der Waals surface area (Å²) in [7, 11) is 1.91. The molecule has 1 rings (SSSR count). The number of nitrogens with zero attached hydrogens (tertiary/aromatic N) is 3. The fourth-order valence-corrected chi connectivity index (χ4v) is 1.13. The van der Waals surface area contributed by atoms with Gasteiger partial charge in [0.15, 0.2) is 0 Å². The summed E-state index contributed by atoms with van der Waals surface area (Å²) in [6, 6.07) is 0. The second-order valence-electron chi connectivity index (χ2n) is 4.15. The standard InChI is InChI=1S/C10H20N4/c1-8(2)9(3)5-11-6-10-12-7-13-14(10)4/h7-9,11H,5-6H2,1-4H3. The van der Waals surface area contributed by atoms with Gasteiger partial charge in [-0.15, -0.1) is 0 Å². The van der Waals surface area contributed by atoms with Crippen LogP contribution in [0.4, 0.5) is 0 Å². The third-order valence-corrected chi connectivity index (χ3v) is 2.69. The third kappa shape index (κ3) is 3.10. The van der Waals surface area contributed by atoms with Gasteiger partial charge in [-0.1, -0.05) is 20.8 Å². The fraction of sp³-hybridized carbons (Fsp3) is 0.800. The van der Waals surface area contributed by atoms with Crippen LogP contribution in [0.3, 0.4) is 0 Å². The molecule has 0 saturated heterocycles. The van der Waals surface area contributed by atoms with E-state index in [1.54, 1.807) is 11.0 Å². The van der Waals surface area contributed by atoms with Gasteiger partial charge < -0.3 is 5.32 Å². The molecule has 0 fully saturated rings. The second-order valence-corrected chi connectivity index (χ2v) is 4.15. The fourth-order valence-electron chi connectivity index (χ4n) is 1.13. The molecule has 1 N–H and O–H groups in total. The quantitative estimate of drug-likeness (QED) is 0.769. The van der Waals surface area contributed by atoms with Crippen LogP contribution in [0.2, 0.25) is 0 Å². The number of rotatable bonds is 5. The van der Waals surface area contributed by atoms with Crippen LogP contribution in [0, 0.1) is 11.8 Å². The predicted molar refractivity (Wildman–Crippen MR) is 56.7 cm³/mol. The van der Waals surface area contributed by atoms with E-state index >= 15 is 0 Å². The van der Waals surface area contributed by atoms with Gasteiger partial charge in [0.1, 0.15) is 12.2 Å². The average Bonchev–Trinajstić information content (AvgIpc) is 2.51. The molecule has 0 aliphatic carbocycles. The highest BCUT2D eigenvalue weighted by Crippen LogP contribution is 2.07. The summed E-state index contributed by atoms with van der Waals surface area (Å²) in [5.74, 6) is 2.41. The van der Waals surface area contributed by atoms with E-state index in [4.69, 9.17) is 0 Å². The molecule has 0 bridgehead atoms. The highest BCUT2D eigenvalue weighted by Gasteiger charge is 2.06. The Kier molecular flexibility index (Phi) is 4.07. The van der Waals surface area contributed by atoms with Crippen molar-refractivity contribution in [1.82, 2.24) is 20.1 Å². The zero-order chi connectivity index (χ0) is 10.6. The third-order valence-electron chi connectivity index (χ3n) is 2.69. The van der Waals surface area contributed by atoms with Crippen molar-refractivity contribution in [3.05, 3.63) is 12.2 Å². The lowest BCUT2D eigenvalue weighted by atomic mass is 9.98. The first-order chi connectivity index (χ1) is 6.61. The Balaban J connectivity index is 2.25. The smallest absolute Gasteiger partial charge is 0.140 e. The molecule has 0 spiro atoms. The van der Waals surface area contributed by atoms with Gasteiger partial charge in [-0.3, -0.25) is 4.68 Å². The molecule has 80 valence electrons. The summed E-state index contributed by atoms with van der Waals surface area (Å²) in [4.78, 5) is 4.15. The summed E-state index contributed by atoms with van der Waals surface area (Å²) >= 11 is 0. The molecule has 1 aromatic heterocycles. The van der Waals surface area contributed by atoms with Crippen molar-refractivity contribution < 1.29 is 0 Å². The lowest BCUT2D eigenvalue weighted by Crippen LogP contribution is -2.25. The molecule has 1 atom stereocenters. The number of aryl methyl sites for hydroxylation is 1. The molecule has 0 aromatic carbocycles. The molecule has 0 aliphatic heterocycles. The maximum absolute atomic E-state index is 4.15. The zero-order valence-electron chi connectivity index (χ0n) is 9.49. The highest BCUT2D eigenvalue weighted by molar-refractivity contribution is 4.82. The molecule has 1 unspecified atom stereocenters. The number of aromatic nitrogens is 3. The highest BCUT2D eigenvalue weighted by atomic mass is 15.3. The van der Waals surface area contributed by atoms with Crippen LogP contribution in [0.5, 0.6) is 0 Å². The first kappa shape index (κ1) is 11.2. The maximum Gasteiger partial charge on any atom is 0.140 e. The van der Waals surface area contributed by atoms with E-state index in [2.05, 4.69) is 36.2 Å². The molecule has 0 aliphatic rings. The van der Waals surface area contributed by atoms with Crippen molar-refractivity contribution in [3.8, 4) is 0 Å². The molecule has 0 saturated carbocycles. The summed E-state index contributed by atoms with van der Waals surface area (Å²) in [6.45, 7) is 8.58. The van der Waals surface area contributed by atoms with Crippen molar-refractivity contribution in [2.45, 2.75) is 27.3 Å². The molecular weight excluding hydrogens is 176 g/mol. The molecule has 1 aromatic rings. The zero-order valence-corrected chi connectivity index (χ0v) is 9.49. The maximum atomic E-state index is 4.15.